The molecule has 1 nitrogen and oxygen atoms in total. The van der Waals surface area contributed by atoms with Crippen molar-refractivity contribution in [1.82, 2.24) is 0 Å². The van der Waals surface area contributed by atoms with Crippen molar-refractivity contribution >= 4 is 22.9 Å². The minimum Gasteiger partial charge on any atom is -0.299 e. The second-order valence-electron chi connectivity index (χ2n) is 8.45. The molecule has 0 amide bonds. The molecule has 0 spiro atoms. The quantitative estimate of drug-likeness (QED) is 0.643. The van der Waals surface area contributed by atoms with Gasteiger partial charge in [-0.2, -0.15) is 0 Å². The molecule has 0 heterocycles. The lowest BCUT2D eigenvalue weighted by atomic mass is 9.48. The van der Waals surface area contributed by atoms with Crippen LogP contribution in [0.25, 0.3) is 0 Å². The number of hydrogen-bond acceptors (Lipinski definition) is 2. The van der Waals surface area contributed by atoms with E-state index in [1.807, 2.05) is 0 Å². The van der Waals surface area contributed by atoms with Crippen LogP contribution >= 0.6 is 12.2 Å². The molecule has 4 saturated carbocycles. The number of hydrogen-bond donors (Lipinski definition) is 0. The Morgan fingerprint density at radius 3 is 2.05 bits per heavy atom. The fourth-order valence-electron chi connectivity index (χ4n) is 5.73. The Bertz CT molecular complexity index is 374. The van der Waals surface area contributed by atoms with Crippen molar-refractivity contribution in [1.29, 1.82) is 0 Å². The smallest absolute Gasteiger partial charge is 0.138 e. The summed E-state index contributed by atoms with van der Waals surface area (Å²) in [5.41, 5.74) is 0.388. The monoisotopic (exact) mass is 292 g/mol. The van der Waals surface area contributed by atoms with Crippen molar-refractivity contribution in [2.75, 3.05) is 0 Å². The van der Waals surface area contributed by atoms with Crippen molar-refractivity contribution in [2.45, 2.75) is 71.6 Å². The summed E-state index contributed by atoms with van der Waals surface area (Å²) in [5.74, 6) is 3.83. The van der Waals surface area contributed by atoms with Crippen LogP contribution in [-0.2, 0) is 4.79 Å². The van der Waals surface area contributed by atoms with Gasteiger partial charge in [-0.05, 0) is 74.0 Å². The third-order valence-corrected chi connectivity index (χ3v) is 6.08. The number of rotatable bonds is 6. The largest absolute Gasteiger partial charge is 0.299 e. The molecule has 4 aliphatic carbocycles. The molecule has 0 saturated heterocycles. The third-order valence-electron chi connectivity index (χ3n) is 5.77. The van der Waals surface area contributed by atoms with Crippen LogP contribution in [0.5, 0.6) is 0 Å². The number of carbonyl (C=O) groups is 1. The Morgan fingerprint density at radius 1 is 1.10 bits per heavy atom. The second kappa shape index (κ2) is 5.51. The van der Waals surface area contributed by atoms with Gasteiger partial charge in [0.25, 0.3) is 0 Å². The topological polar surface area (TPSA) is 17.1 Å². The van der Waals surface area contributed by atoms with Crippen LogP contribution in [-0.4, -0.2) is 10.6 Å². The first-order valence-electron chi connectivity index (χ1n) is 8.47. The minimum atomic E-state index is 0.388. The van der Waals surface area contributed by atoms with E-state index >= 15 is 0 Å². The molecule has 4 rings (SSSR count). The lowest BCUT2D eigenvalue weighted by Crippen LogP contribution is -2.46. The Morgan fingerprint density at radius 2 is 1.60 bits per heavy atom. The van der Waals surface area contributed by atoms with Crippen LogP contribution in [0.2, 0.25) is 0 Å². The predicted molar refractivity (Wildman–Crippen MR) is 86.9 cm³/mol. The van der Waals surface area contributed by atoms with E-state index in [1.54, 1.807) is 0 Å². The zero-order valence-corrected chi connectivity index (χ0v) is 13.8. The number of ketones is 1. The fraction of sp³-hybridized carbons (Fsp3) is 0.889. The number of thiocarbonyl (C=S) groups is 1. The Balaban J connectivity index is 1.57. The van der Waals surface area contributed by atoms with Crippen LogP contribution in [0.3, 0.4) is 0 Å². The highest BCUT2D eigenvalue weighted by atomic mass is 32.1. The average molecular weight is 292 g/mol. The molecule has 0 radical (unpaired) electrons. The summed E-state index contributed by atoms with van der Waals surface area (Å²) in [5, 5.41) is 0. The lowest BCUT2D eigenvalue weighted by molar-refractivity contribution is -0.126. The molecule has 4 aliphatic rings. The first-order chi connectivity index (χ1) is 9.44. The van der Waals surface area contributed by atoms with Crippen LogP contribution in [0.4, 0.5) is 0 Å². The molecular weight excluding hydrogens is 264 g/mol. The summed E-state index contributed by atoms with van der Waals surface area (Å²) < 4.78 is 0. The van der Waals surface area contributed by atoms with Gasteiger partial charge in [0, 0.05) is 17.7 Å². The van der Waals surface area contributed by atoms with Gasteiger partial charge >= 0.3 is 0 Å². The second-order valence-corrected chi connectivity index (χ2v) is 9.02. The summed E-state index contributed by atoms with van der Waals surface area (Å²) in [6.07, 6.45) is 10.7. The molecule has 4 fully saturated rings. The van der Waals surface area contributed by atoms with Gasteiger partial charge in [0.2, 0.25) is 0 Å². The van der Waals surface area contributed by atoms with E-state index in [2.05, 4.69) is 13.8 Å². The van der Waals surface area contributed by atoms with E-state index in [4.69, 9.17) is 12.2 Å². The molecule has 0 aromatic heterocycles. The molecule has 0 aromatic carbocycles. The maximum Gasteiger partial charge on any atom is 0.138 e. The van der Waals surface area contributed by atoms with Gasteiger partial charge in [0.15, 0.2) is 0 Å². The van der Waals surface area contributed by atoms with Gasteiger partial charge in [-0.1, -0.05) is 26.1 Å². The predicted octanol–water partition coefficient (Wildman–Crippen LogP) is 4.97. The summed E-state index contributed by atoms with van der Waals surface area (Å²) in [6, 6.07) is 0. The number of carbonyl (C=O) groups excluding carboxylic acids is 1. The van der Waals surface area contributed by atoms with Crippen LogP contribution in [0.1, 0.15) is 71.6 Å². The third kappa shape index (κ3) is 3.16. The lowest BCUT2D eigenvalue weighted by Gasteiger charge is -2.56. The standard InChI is InChI=1S/C18H28OS/c1-12(2)3-17(20)7-16(19)11-18-8-13-4-14(9-18)6-15(5-13)10-18/h12-15H,3-11H2,1-2H3. The molecule has 0 unspecified atom stereocenters. The van der Waals surface area contributed by atoms with Gasteiger partial charge in [-0.15, -0.1) is 0 Å². The first kappa shape index (κ1) is 14.7. The van der Waals surface area contributed by atoms with Crippen LogP contribution in [0.15, 0.2) is 0 Å². The van der Waals surface area contributed by atoms with Gasteiger partial charge in [-0.3, -0.25) is 4.79 Å². The molecule has 2 heteroatoms. The number of Topliss-reactive ketones (excluding diaryl/α,β-unsaturated/α-hetero) is 1. The summed E-state index contributed by atoms with van der Waals surface area (Å²) in [6.45, 7) is 4.35. The van der Waals surface area contributed by atoms with Crippen molar-refractivity contribution in [3.8, 4) is 0 Å². The van der Waals surface area contributed by atoms with E-state index in [1.165, 1.54) is 38.5 Å². The molecule has 0 atom stereocenters. The van der Waals surface area contributed by atoms with Crippen LogP contribution in [0, 0.1) is 29.1 Å². The molecule has 0 aromatic rings. The molecular formula is C18H28OS. The van der Waals surface area contributed by atoms with Crippen molar-refractivity contribution in [2.24, 2.45) is 29.1 Å². The highest BCUT2D eigenvalue weighted by Gasteiger charge is 2.51. The van der Waals surface area contributed by atoms with E-state index < -0.39 is 0 Å². The van der Waals surface area contributed by atoms with Crippen molar-refractivity contribution in [3.63, 3.8) is 0 Å². The summed E-state index contributed by atoms with van der Waals surface area (Å²) in [4.78, 5) is 13.4. The van der Waals surface area contributed by atoms with Crippen molar-refractivity contribution < 1.29 is 4.79 Å². The van der Waals surface area contributed by atoms with E-state index in [-0.39, 0.29) is 0 Å². The molecule has 0 aliphatic heterocycles. The fourth-order valence-corrected chi connectivity index (χ4v) is 6.23. The van der Waals surface area contributed by atoms with Gasteiger partial charge < -0.3 is 0 Å². The molecule has 20 heavy (non-hydrogen) atoms. The maximum absolute atomic E-state index is 12.4. The van der Waals surface area contributed by atoms with E-state index in [9.17, 15) is 4.79 Å². The summed E-state index contributed by atoms with van der Waals surface area (Å²) in [7, 11) is 0. The Hall–Kier alpha value is -0.240. The Kier molecular flexibility index (Phi) is 4.05. The van der Waals surface area contributed by atoms with Crippen LogP contribution < -0.4 is 0 Å². The average Bonchev–Trinajstić information content (AvgIpc) is 2.23. The van der Waals surface area contributed by atoms with E-state index in [0.29, 0.717) is 23.5 Å². The van der Waals surface area contributed by atoms with Gasteiger partial charge in [0.1, 0.15) is 5.78 Å². The van der Waals surface area contributed by atoms with Gasteiger partial charge in [-0.25, -0.2) is 0 Å². The highest BCUT2D eigenvalue weighted by molar-refractivity contribution is 7.80. The normalized spacial score (nSPS) is 38.5. The SMILES string of the molecule is CC(C)CC(=S)CC(=O)CC12CC3CC(CC(C3)C1)C2. The maximum atomic E-state index is 12.4. The van der Waals surface area contributed by atoms with Crippen molar-refractivity contribution in [3.05, 3.63) is 0 Å². The molecule has 4 bridgehead atoms. The summed E-state index contributed by atoms with van der Waals surface area (Å²) >= 11 is 5.40. The minimum absolute atomic E-state index is 0.388. The molecule has 0 N–H and O–H groups in total. The highest BCUT2D eigenvalue weighted by Crippen LogP contribution is 2.61. The molecule has 112 valence electrons. The zero-order chi connectivity index (χ0) is 14.3. The Labute approximate surface area is 128 Å². The zero-order valence-electron chi connectivity index (χ0n) is 13.0. The first-order valence-corrected chi connectivity index (χ1v) is 8.88. The van der Waals surface area contributed by atoms with Gasteiger partial charge in [0.05, 0.1) is 0 Å². The van der Waals surface area contributed by atoms with E-state index in [0.717, 1.165) is 35.5 Å².